The Balaban J connectivity index is 1.61. The number of nitrogens with one attached hydrogen (secondary N) is 4. The predicted octanol–water partition coefficient (Wildman–Crippen LogP) is 6.57. The first-order chi connectivity index (χ1) is 18.7. The first-order valence-corrected chi connectivity index (χ1v) is 12.2. The summed E-state index contributed by atoms with van der Waals surface area (Å²) in [4.78, 5) is 34.3. The van der Waals surface area contributed by atoms with Crippen molar-refractivity contribution >= 4 is 46.5 Å². The first kappa shape index (κ1) is 26.9. The van der Waals surface area contributed by atoms with Crippen LogP contribution in [0.2, 0.25) is 0 Å². The van der Waals surface area contributed by atoms with E-state index in [-0.39, 0.29) is 23.2 Å². The van der Waals surface area contributed by atoms with Gasteiger partial charge in [0.2, 0.25) is 5.95 Å². The van der Waals surface area contributed by atoms with Crippen LogP contribution in [0.3, 0.4) is 0 Å². The maximum Gasteiger partial charge on any atom is 0.412 e. The number of carbonyl (C=O) groups is 2. The second-order valence-corrected chi connectivity index (χ2v) is 9.47. The molecule has 1 aromatic heterocycles. The topological polar surface area (TPSA) is 126 Å². The zero-order valence-electron chi connectivity index (χ0n) is 22.1. The van der Waals surface area contributed by atoms with Crippen LogP contribution in [0, 0.1) is 0 Å². The third-order valence-electron chi connectivity index (χ3n) is 5.16. The minimum atomic E-state index is -0.631. The third kappa shape index (κ3) is 7.93. The van der Waals surface area contributed by atoms with Crippen molar-refractivity contribution < 1.29 is 19.1 Å². The molecule has 39 heavy (non-hydrogen) atoms. The van der Waals surface area contributed by atoms with Gasteiger partial charge in [0.1, 0.15) is 22.7 Å². The van der Waals surface area contributed by atoms with Gasteiger partial charge in [-0.15, -0.1) is 0 Å². The summed E-state index contributed by atoms with van der Waals surface area (Å²) in [6.45, 7) is 5.37. The molecule has 4 N–H and O–H groups in total. The van der Waals surface area contributed by atoms with Crippen LogP contribution in [0.1, 0.15) is 31.1 Å². The highest BCUT2D eigenvalue weighted by atomic mass is 16.6. The van der Waals surface area contributed by atoms with E-state index in [2.05, 4.69) is 31.2 Å². The number of nitrogens with zero attached hydrogens (tertiary/aromatic N) is 2. The molecule has 10 heteroatoms. The molecule has 0 bridgehead atoms. The summed E-state index contributed by atoms with van der Waals surface area (Å²) < 4.78 is 10.6. The van der Waals surface area contributed by atoms with E-state index in [0.717, 1.165) is 0 Å². The fraction of sp³-hybridized carbons (Fsp3) is 0.172. The number of aromatic nitrogens is 2. The summed E-state index contributed by atoms with van der Waals surface area (Å²) in [7, 11) is 1.59. The number of benzene rings is 3. The number of rotatable bonds is 8. The summed E-state index contributed by atoms with van der Waals surface area (Å²) in [5.74, 6) is 0.814. The molecule has 0 unspecified atom stereocenters. The lowest BCUT2D eigenvalue weighted by Gasteiger charge is -2.20. The van der Waals surface area contributed by atoms with Crippen LogP contribution in [-0.4, -0.2) is 34.7 Å². The Morgan fingerprint density at radius 1 is 0.769 bits per heavy atom. The maximum atomic E-state index is 13.2. The fourth-order valence-corrected chi connectivity index (χ4v) is 3.49. The van der Waals surface area contributed by atoms with Crippen LogP contribution in [0.25, 0.3) is 0 Å². The minimum Gasteiger partial charge on any atom is -0.497 e. The zero-order valence-corrected chi connectivity index (χ0v) is 22.1. The molecule has 10 nitrogen and oxygen atoms in total. The minimum absolute atomic E-state index is 0.223. The zero-order chi connectivity index (χ0) is 27.8. The summed E-state index contributed by atoms with van der Waals surface area (Å²) in [5.41, 5.74) is 2.03. The van der Waals surface area contributed by atoms with E-state index in [1.807, 2.05) is 36.4 Å². The lowest BCUT2D eigenvalue weighted by atomic mass is 10.2. The molecule has 4 aromatic rings. The van der Waals surface area contributed by atoms with E-state index < -0.39 is 11.7 Å². The highest BCUT2D eigenvalue weighted by Gasteiger charge is 2.18. The van der Waals surface area contributed by atoms with E-state index in [1.54, 1.807) is 70.3 Å². The van der Waals surface area contributed by atoms with Crippen molar-refractivity contribution in [3.8, 4) is 5.75 Å². The number of amides is 2. The second-order valence-electron chi connectivity index (χ2n) is 9.47. The molecule has 200 valence electrons. The third-order valence-corrected chi connectivity index (χ3v) is 5.16. The number of hydrogen-bond donors (Lipinski definition) is 4. The van der Waals surface area contributed by atoms with Crippen molar-refractivity contribution in [3.05, 3.63) is 90.6 Å². The summed E-state index contributed by atoms with van der Waals surface area (Å²) in [5, 5.41) is 11.9. The molecule has 0 fully saturated rings. The number of carbonyl (C=O) groups excluding carboxylic acids is 2. The molecule has 0 aliphatic carbocycles. The van der Waals surface area contributed by atoms with Gasteiger partial charge >= 0.3 is 6.09 Å². The van der Waals surface area contributed by atoms with E-state index in [0.29, 0.717) is 28.5 Å². The second kappa shape index (κ2) is 12.0. The Hall–Kier alpha value is -5.12. The van der Waals surface area contributed by atoms with Gasteiger partial charge in [-0.05, 0) is 63.2 Å². The lowest BCUT2D eigenvalue weighted by Crippen LogP contribution is -2.27. The Labute approximate surface area is 226 Å². The van der Waals surface area contributed by atoms with Crippen LogP contribution in [0.5, 0.6) is 5.75 Å². The molecule has 0 atom stereocenters. The SMILES string of the molecule is COc1cccc(Nc2ncc(C(=O)Nc3ccccc3)c(Nc3cccc(NC(=O)OC(C)(C)C)c3)n2)c1. The summed E-state index contributed by atoms with van der Waals surface area (Å²) >= 11 is 0. The van der Waals surface area contributed by atoms with Crippen LogP contribution in [0.15, 0.2) is 85.1 Å². The fourth-order valence-electron chi connectivity index (χ4n) is 3.49. The van der Waals surface area contributed by atoms with Gasteiger partial charge in [-0.1, -0.05) is 30.3 Å². The van der Waals surface area contributed by atoms with Gasteiger partial charge in [0.25, 0.3) is 5.91 Å². The van der Waals surface area contributed by atoms with Gasteiger partial charge in [0, 0.05) is 35.0 Å². The highest BCUT2D eigenvalue weighted by molar-refractivity contribution is 6.07. The number of anilines is 6. The van der Waals surface area contributed by atoms with Crippen LogP contribution in [-0.2, 0) is 4.74 Å². The highest BCUT2D eigenvalue weighted by Crippen LogP contribution is 2.26. The summed E-state index contributed by atoms with van der Waals surface area (Å²) in [6.07, 6.45) is 0.869. The Morgan fingerprint density at radius 2 is 1.44 bits per heavy atom. The smallest absolute Gasteiger partial charge is 0.412 e. The van der Waals surface area contributed by atoms with Crippen molar-refractivity contribution in [1.29, 1.82) is 0 Å². The molecular formula is C29H30N6O4. The number of methoxy groups -OCH3 is 1. The van der Waals surface area contributed by atoms with E-state index in [4.69, 9.17) is 9.47 Å². The quantitative estimate of drug-likeness (QED) is 0.203. The maximum absolute atomic E-state index is 13.2. The van der Waals surface area contributed by atoms with Crippen LogP contribution < -0.4 is 26.0 Å². The predicted molar refractivity (Wildman–Crippen MR) is 152 cm³/mol. The van der Waals surface area contributed by atoms with Crippen LogP contribution in [0.4, 0.5) is 39.3 Å². The standard InChI is InChI=1S/C29H30N6O4/c1-29(2,3)39-28(37)34-21-13-8-12-20(16-21)31-25-24(26(36)32-19-10-6-5-7-11-19)18-30-27(35-25)33-22-14-9-15-23(17-22)38-4/h5-18H,1-4H3,(H,32,36)(H,34,37)(H2,30,31,33,35). The molecular weight excluding hydrogens is 496 g/mol. The van der Waals surface area contributed by atoms with Gasteiger partial charge in [-0.3, -0.25) is 10.1 Å². The number of ether oxygens (including phenoxy) is 2. The van der Waals surface area contributed by atoms with Gasteiger partial charge in [-0.2, -0.15) is 4.98 Å². The van der Waals surface area contributed by atoms with Crippen molar-refractivity contribution in [2.24, 2.45) is 0 Å². The van der Waals surface area contributed by atoms with E-state index in [9.17, 15) is 9.59 Å². The Morgan fingerprint density at radius 3 is 2.15 bits per heavy atom. The molecule has 4 rings (SSSR count). The average molecular weight is 527 g/mol. The number of hydrogen-bond acceptors (Lipinski definition) is 8. The average Bonchev–Trinajstić information content (AvgIpc) is 2.88. The van der Waals surface area contributed by atoms with Crippen molar-refractivity contribution in [2.45, 2.75) is 26.4 Å². The lowest BCUT2D eigenvalue weighted by molar-refractivity contribution is 0.0635. The Kier molecular flexibility index (Phi) is 8.25. The van der Waals surface area contributed by atoms with Crippen LogP contribution >= 0.6 is 0 Å². The molecule has 0 saturated heterocycles. The Bertz CT molecular complexity index is 1450. The van der Waals surface area contributed by atoms with Gasteiger partial charge in [0.05, 0.1) is 7.11 Å². The van der Waals surface area contributed by atoms with Crippen molar-refractivity contribution in [2.75, 3.05) is 28.4 Å². The number of para-hydroxylation sites is 1. The van der Waals surface area contributed by atoms with E-state index in [1.165, 1.54) is 6.20 Å². The molecule has 0 spiro atoms. The molecule has 3 aromatic carbocycles. The van der Waals surface area contributed by atoms with Gasteiger partial charge in [0.15, 0.2) is 0 Å². The van der Waals surface area contributed by atoms with Crippen molar-refractivity contribution in [1.82, 2.24) is 9.97 Å². The van der Waals surface area contributed by atoms with Crippen molar-refractivity contribution in [3.63, 3.8) is 0 Å². The van der Waals surface area contributed by atoms with Gasteiger partial charge in [-0.25, -0.2) is 9.78 Å². The molecule has 0 aliphatic heterocycles. The normalized spacial score (nSPS) is 10.8. The molecule has 0 radical (unpaired) electrons. The summed E-state index contributed by atoms with van der Waals surface area (Å²) in [6, 6.07) is 23.4. The van der Waals surface area contributed by atoms with E-state index >= 15 is 0 Å². The first-order valence-electron chi connectivity index (χ1n) is 12.2. The molecule has 0 aliphatic rings. The molecule has 0 saturated carbocycles. The monoisotopic (exact) mass is 526 g/mol. The molecule has 2 amide bonds. The largest absolute Gasteiger partial charge is 0.497 e. The molecule has 1 heterocycles. The van der Waals surface area contributed by atoms with Gasteiger partial charge < -0.3 is 25.4 Å².